The molecule has 0 saturated carbocycles. The molecule has 1 aromatic carbocycles. The monoisotopic (exact) mass is 486 g/mol. The molecule has 2 heterocycles. The summed E-state index contributed by atoms with van der Waals surface area (Å²) in [7, 11) is 1.74. The van der Waals surface area contributed by atoms with Crippen molar-refractivity contribution in [3.63, 3.8) is 0 Å². The summed E-state index contributed by atoms with van der Waals surface area (Å²) in [5.74, 6) is 0.962. The minimum absolute atomic E-state index is 0. The Hall–Kier alpha value is -1.94. The molecule has 0 spiro atoms. The van der Waals surface area contributed by atoms with Crippen molar-refractivity contribution in [3.8, 4) is 11.5 Å². The molecule has 0 unspecified atom stereocenters. The molecule has 0 aliphatic carbocycles. The van der Waals surface area contributed by atoms with Crippen molar-refractivity contribution < 1.29 is 8.81 Å². The number of nitrogens with zero attached hydrogens (tertiary/aromatic N) is 2. The fraction of sp³-hybridized carbons (Fsp3) is 0.222. The van der Waals surface area contributed by atoms with Gasteiger partial charge in [-0.3, -0.25) is 4.99 Å². The van der Waals surface area contributed by atoms with Crippen molar-refractivity contribution in [2.75, 3.05) is 13.6 Å². The smallest absolute Gasteiger partial charge is 0.226 e. The zero-order valence-corrected chi connectivity index (χ0v) is 17.4. The number of benzene rings is 1. The Balaban J connectivity index is 0.00000243. The summed E-state index contributed by atoms with van der Waals surface area (Å²) >= 11 is 1.68. The first-order chi connectivity index (χ1) is 12.2. The molecule has 0 aliphatic heterocycles. The summed E-state index contributed by atoms with van der Waals surface area (Å²) in [6, 6.07) is 8.17. The van der Waals surface area contributed by atoms with Crippen LogP contribution in [0.15, 0.2) is 56.8 Å². The summed E-state index contributed by atoms with van der Waals surface area (Å²) in [6.07, 6.45) is 2.33. The molecular formula is C18H20FIN4OS. The SMILES string of the molecule is CN=C(NCCc1coc(-c2ccc(F)cc2)n1)NCc1ccsc1.I. The Labute approximate surface area is 172 Å². The molecule has 0 saturated heterocycles. The van der Waals surface area contributed by atoms with Crippen LogP contribution < -0.4 is 10.6 Å². The maximum atomic E-state index is 13.0. The lowest BCUT2D eigenvalue weighted by molar-refractivity contribution is 0.571. The number of aliphatic imine (C=N–C) groups is 1. The van der Waals surface area contributed by atoms with Gasteiger partial charge in [-0.25, -0.2) is 9.37 Å². The number of thiophene rings is 1. The lowest BCUT2D eigenvalue weighted by Crippen LogP contribution is -2.37. The van der Waals surface area contributed by atoms with Crippen molar-refractivity contribution >= 4 is 41.3 Å². The molecule has 8 heteroatoms. The first kappa shape index (κ1) is 20.4. The lowest BCUT2D eigenvalue weighted by Gasteiger charge is -2.10. The fourth-order valence-electron chi connectivity index (χ4n) is 2.26. The van der Waals surface area contributed by atoms with Gasteiger partial charge in [0.25, 0.3) is 0 Å². The third-order valence-corrected chi connectivity index (χ3v) is 4.31. The van der Waals surface area contributed by atoms with Gasteiger partial charge in [-0.1, -0.05) is 0 Å². The number of aromatic nitrogens is 1. The molecule has 26 heavy (non-hydrogen) atoms. The van der Waals surface area contributed by atoms with Crippen molar-refractivity contribution in [1.82, 2.24) is 15.6 Å². The maximum Gasteiger partial charge on any atom is 0.226 e. The normalized spacial score (nSPS) is 11.1. The van der Waals surface area contributed by atoms with Crippen LogP contribution in [0.4, 0.5) is 4.39 Å². The Bertz CT molecular complexity index is 818. The molecule has 2 aromatic heterocycles. The van der Waals surface area contributed by atoms with E-state index in [9.17, 15) is 4.39 Å². The molecule has 0 atom stereocenters. The van der Waals surface area contributed by atoms with E-state index in [1.165, 1.54) is 17.7 Å². The number of hydrogen-bond acceptors (Lipinski definition) is 4. The highest BCUT2D eigenvalue weighted by Crippen LogP contribution is 2.18. The highest BCUT2D eigenvalue weighted by atomic mass is 127. The minimum atomic E-state index is -0.277. The average Bonchev–Trinajstić information content (AvgIpc) is 3.30. The Kier molecular flexibility index (Phi) is 8.05. The summed E-state index contributed by atoms with van der Waals surface area (Å²) in [4.78, 5) is 8.63. The second-order valence-electron chi connectivity index (χ2n) is 5.39. The number of rotatable bonds is 6. The van der Waals surface area contributed by atoms with E-state index < -0.39 is 0 Å². The van der Waals surface area contributed by atoms with Crippen LogP contribution in [0.5, 0.6) is 0 Å². The zero-order valence-electron chi connectivity index (χ0n) is 14.2. The first-order valence-corrected chi connectivity index (χ1v) is 8.85. The van der Waals surface area contributed by atoms with Gasteiger partial charge in [0.1, 0.15) is 12.1 Å². The average molecular weight is 486 g/mol. The van der Waals surface area contributed by atoms with E-state index in [-0.39, 0.29) is 29.8 Å². The second-order valence-corrected chi connectivity index (χ2v) is 6.17. The highest BCUT2D eigenvalue weighted by Gasteiger charge is 2.07. The third-order valence-electron chi connectivity index (χ3n) is 3.58. The van der Waals surface area contributed by atoms with Crippen LogP contribution in [-0.4, -0.2) is 24.5 Å². The van der Waals surface area contributed by atoms with Crippen LogP contribution in [-0.2, 0) is 13.0 Å². The van der Waals surface area contributed by atoms with Crippen LogP contribution in [0.1, 0.15) is 11.3 Å². The molecule has 0 fully saturated rings. The number of guanidine groups is 1. The summed E-state index contributed by atoms with van der Waals surface area (Å²) in [5, 5.41) is 10.7. The summed E-state index contributed by atoms with van der Waals surface area (Å²) in [6.45, 7) is 1.42. The maximum absolute atomic E-state index is 13.0. The molecule has 0 aliphatic rings. The van der Waals surface area contributed by atoms with Crippen LogP contribution >= 0.6 is 35.3 Å². The van der Waals surface area contributed by atoms with Gasteiger partial charge in [0.15, 0.2) is 5.96 Å². The molecule has 0 amide bonds. The van der Waals surface area contributed by atoms with E-state index in [1.807, 2.05) is 0 Å². The molecule has 3 rings (SSSR count). The van der Waals surface area contributed by atoms with E-state index in [4.69, 9.17) is 4.42 Å². The third kappa shape index (κ3) is 5.80. The molecule has 2 N–H and O–H groups in total. The Morgan fingerprint density at radius 3 is 2.73 bits per heavy atom. The highest BCUT2D eigenvalue weighted by molar-refractivity contribution is 14.0. The fourth-order valence-corrected chi connectivity index (χ4v) is 2.92. The topological polar surface area (TPSA) is 62.5 Å². The minimum Gasteiger partial charge on any atom is -0.444 e. The van der Waals surface area contributed by atoms with Crippen LogP contribution in [0.25, 0.3) is 11.5 Å². The lowest BCUT2D eigenvalue weighted by atomic mass is 10.2. The predicted octanol–water partition coefficient (Wildman–Crippen LogP) is 4.07. The van der Waals surface area contributed by atoms with E-state index in [0.29, 0.717) is 18.9 Å². The van der Waals surface area contributed by atoms with Crippen LogP contribution in [0, 0.1) is 5.82 Å². The van der Waals surface area contributed by atoms with Gasteiger partial charge in [0.2, 0.25) is 5.89 Å². The molecule has 0 radical (unpaired) electrons. The van der Waals surface area contributed by atoms with Crippen LogP contribution in [0.3, 0.4) is 0 Å². The quantitative estimate of drug-likeness (QED) is 0.314. The van der Waals surface area contributed by atoms with Gasteiger partial charge < -0.3 is 15.1 Å². The Morgan fingerprint density at radius 1 is 1.23 bits per heavy atom. The van der Waals surface area contributed by atoms with Gasteiger partial charge in [-0.15, -0.1) is 24.0 Å². The number of halogens is 2. The molecule has 5 nitrogen and oxygen atoms in total. The van der Waals surface area contributed by atoms with Crippen molar-refractivity contribution in [3.05, 3.63) is 64.4 Å². The van der Waals surface area contributed by atoms with Gasteiger partial charge in [0, 0.05) is 32.1 Å². The number of nitrogens with one attached hydrogen (secondary N) is 2. The van der Waals surface area contributed by atoms with Crippen molar-refractivity contribution in [2.45, 2.75) is 13.0 Å². The number of hydrogen-bond donors (Lipinski definition) is 2. The van der Waals surface area contributed by atoms with Gasteiger partial charge >= 0.3 is 0 Å². The zero-order chi connectivity index (χ0) is 17.5. The standard InChI is InChI=1S/C18H19FN4OS.HI/c1-20-18(22-10-13-7-9-25-12-13)21-8-6-16-11-24-17(23-16)14-2-4-15(19)5-3-14;/h2-5,7,9,11-12H,6,8,10H2,1H3,(H2,20,21,22);1H. The Morgan fingerprint density at radius 2 is 2.04 bits per heavy atom. The van der Waals surface area contributed by atoms with E-state index in [1.54, 1.807) is 36.8 Å². The molecule has 3 aromatic rings. The predicted molar refractivity (Wildman–Crippen MR) is 114 cm³/mol. The van der Waals surface area contributed by atoms with Gasteiger partial charge in [0.05, 0.1) is 5.69 Å². The van der Waals surface area contributed by atoms with E-state index in [0.717, 1.165) is 23.8 Å². The van der Waals surface area contributed by atoms with E-state index >= 15 is 0 Å². The molecular weight excluding hydrogens is 466 g/mol. The molecule has 138 valence electrons. The van der Waals surface area contributed by atoms with Crippen molar-refractivity contribution in [1.29, 1.82) is 0 Å². The van der Waals surface area contributed by atoms with E-state index in [2.05, 4.69) is 37.4 Å². The second kappa shape index (κ2) is 10.3. The summed E-state index contributed by atoms with van der Waals surface area (Å²) in [5.41, 5.74) is 2.82. The van der Waals surface area contributed by atoms with Gasteiger partial charge in [-0.05, 0) is 46.7 Å². The largest absolute Gasteiger partial charge is 0.444 e. The molecule has 0 bridgehead atoms. The van der Waals surface area contributed by atoms with Gasteiger partial charge in [-0.2, -0.15) is 11.3 Å². The van der Waals surface area contributed by atoms with Crippen LogP contribution in [0.2, 0.25) is 0 Å². The first-order valence-electron chi connectivity index (χ1n) is 7.90. The number of oxazole rings is 1. The summed E-state index contributed by atoms with van der Waals surface area (Å²) < 4.78 is 18.4. The van der Waals surface area contributed by atoms with Crippen molar-refractivity contribution in [2.24, 2.45) is 4.99 Å².